The van der Waals surface area contributed by atoms with Crippen LogP contribution in [-0.2, 0) is 29.7 Å². The molecular formula is C25H29N7O2. The van der Waals surface area contributed by atoms with Crippen LogP contribution in [0.2, 0.25) is 0 Å². The molecule has 3 aromatic heterocycles. The Morgan fingerprint density at radius 2 is 2.00 bits per heavy atom. The number of amides is 2. The zero-order valence-electron chi connectivity index (χ0n) is 19.8. The second-order valence-electron chi connectivity index (χ2n) is 9.60. The summed E-state index contributed by atoms with van der Waals surface area (Å²) in [6, 6.07) is 7.25. The largest absolute Gasteiger partial charge is 0.338 e. The van der Waals surface area contributed by atoms with Crippen LogP contribution in [0.4, 0.5) is 5.82 Å². The molecule has 5 rings (SSSR count). The zero-order valence-corrected chi connectivity index (χ0v) is 19.8. The lowest BCUT2D eigenvalue weighted by Crippen LogP contribution is -2.36. The maximum absolute atomic E-state index is 13.0. The van der Waals surface area contributed by atoms with Gasteiger partial charge in [-0.15, -0.1) is 10.2 Å². The minimum atomic E-state index is -0.337. The minimum Gasteiger partial charge on any atom is -0.338 e. The Balaban J connectivity index is 1.35. The summed E-state index contributed by atoms with van der Waals surface area (Å²) in [7, 11) is 0. The van der Waals surface area contributed by atoms with Crippen molar-refractivity contribution in [1.82, 2.24) is 29.6 Å². The molecule has 0 bridgehead atoms. The summed E-state index contributed by atoms with van der Waals surface area (Å²) in [6.45, 7) is 7.54. The highest BCUT2D eigenvalue weighted by Gasteiger charge is 2.34. The normalized spacial score (nSPS) is 16.1. The Morgan fingerprint density at radius 1 is 1.15 bits per heavy atom. The number of aromatic nitrogens is 5. The number of rotatable bonds is 5. The lowest BCUT2D eigenvalue weighted by Gasteiger charge is -2.29. The molecule has 0 atom stereocenters. The zero-order chi connectivity index (χ0) is 23.9. The van der Waals surface area contributed by atoms with Gasteiger partial charge >= 0.3 is 0 Å². The molecule has 9 heteroatoms. The van der Waals surface area contributed by atoms with Gasteiger partial charge in [-0.1, -0.05) is 13.0 Å². The fourth-order valence-corrected chi connectivity index (χ4v) is 4.77. The summed E-state index contributed by atoms with van der Waals surface area (Å²) < 4.78 is 2.14. The van der Waals surface area contributed by atoms with Crippen LogP contribution in [0.5, 0.6) is 0 Å². The molecule has 3 aromatic rings. The number of pyridine rings is 2. The fraction of sp³-hybridized carbons (Fsp3) is 0.440. The monoisotopic (exact) mass is 459 g/mol. The van der Waals surface area contributed by atoms with Crippen molar-refractivity contribution in [3.63, 3.8) is 0 Å². The van der Waals surface area contributed by atoms with Crippen LogP contribution < -0.4 is 5.32 Å². The Kier molecular flexibility index (Phi) is 5.63. The van der Waals surface area contributed by atoms with Crippen LogP contribution in [0.15, 0.2) is 30.5 Å². The predicted octanol–water partition coefficient (Wildman–Crippen LogP) is 3.35. The van der Waals surface area contributed by atoms with E-state index in [4.69, 9.17) is 0 Å². The fourth-order valence-electron chi connectivity index (χ4n) is 4.77. The van der Waals surface area contributed by atoms with Crippen molar-refractivity contribution in [3.05, 3.63) is 53.1 Å². The molecule has 0 aliphatic carbocycles. The van der Waals surface area contributed by atoms with E-state index in [0.29, 0.717) is 42.5 Å². The highest BCUT2D eigenvalue weighted by Crippen LogP contribution is 2.34. The van der Waals surface area contributed by atoms with Crippen LogP contribution in [-0.4, -0.2) is 48.0 Å². The second-order valence-corrected chi connectivity index (χ2v) is 9.60. The lowest BCUT2D eigenvalue weighted by atomic mass is 10.0. The van der Waals surface area contributed by atoms with Gasteiger partial charge in [0.15, 0.2) is 5.82 Å². The van der Waals surface area contributed by atoms with E-state index in [1.165, 1.54) is 0 Å². The molecule has 176 valence electrons. The van der Waals surface area contributed by atoms with Crippen molar-refractivity contribution in [1.29, 1.82) is 0 Å². The van der Waals surface area contributed by atoms with Crippen LogP contribution >= 0.6 is 0 Å². The van der Waals surface area contributed by atoms with Crippen molar-refractivity contribution < 1.29 is 9.59 Å². The summed E-state index contributed by atoms with van der Waals surface area (Å²) in [5, 5.41) is 11.5. The average molecular weight is 460 g/mol. The Labute approximate surface area is 198 Å². The number of fused-ring (bicyclic) bond motifs is 2. The number of carbonyl (C=O) groups is 2. The second kappa shape index (κ2) is 8.62. The molecule has 0 unspecified atom stereocenters. The van der Waals surface area contributed by atoms with Gasteiger partial charge in [-0.25, -0.2) is 4.98 Å². The molecule has 0 radical (unpaired) electrons. The van der Waals surface area contributed by atoms with E-state index in [0.717, 1.165) is 42.6 Å². The molecule has 0 fully saturated rings. The third-order valence-electron chi connectivity index (χ3n) is 6.66. The summed E-state index contributed by atoms with van der Waals surface area (Å²) in [5.41, 5.74) is 2.95. The molecule has 9 nitrogen and oxygen atoms in total. The van der Waals surface area contributed by atoms with Gasteiger partial charge in [0.1, 0.15) is 23.0 Å². The molecule has 2 aliphatic heterocycles. The minimum absolute atomic E-state index is 0.0749. The van der Waals surface area contributed by atoms with E-state index >= 15 is 0 Å². The smallest absolute Gasteiger partial charge is 0.275 e. The average Bonchev–Trinajstić information content (AvgIpc) is 3.40. The van der Waals surface area contributed by atoms with Crippen LogP contribution in [0.3, 0.4) is 0 Å². The standard InChI is InChI=1S/C25H29N7O2/c1-4-6-22(33)31-12-10-16-14-26-19(13-17(16)15-31)24(34)28-20-8-5-7-18(27-20)23-30-29-21-9-11-25(2,3)32(21)23/h5,7-8,13-14H,4,6,9-12,15H2,1-3H3,(H,27,28,34). The van der Waals surface area contributed by atoms with E-state index in [9.17, 15) is 9.59 Å². The Hall–Kier alpha value is -3.62. The third kappa shape index (κ3) is 4.06. The van der Waals surface area contributed by atoms with Crippen molar-refractivity contribution >= 4 is 17.6 Å². The van der Waals surface area contributed by atoms with Crippen molar-refractivity contribution in [2.45, 2.75) is 65.0 Å². The molecule has 5 heterocycles. The van der Waals surface area contributed by atoms with Gasteiger partial charge in [0, 0.05) is 37.7 Å². The summed E-state index contributed by atoms with van der Waals surface area (Å²) in [4.78, 5) is 36.2. The first kappa shape index (κ1) is 22.2. The highest BCUT2D eigenvalue weighted by molar-refractivity contribution is 6.02. The van der Waals surface area contributed by atoms with E-state index in [-0.39, 0.29) is 17.4 Å². The number of hydrogen-bond donors (Lipinski definition) is 1. The van der Waals surface area contributed by atoms with Gasteiger partial charge in [-0.3, -0.25) is 14.6 Å². The third-order valence-corrected chi connectivity index (χ3v) is 6.66. The number of anilines is 1. The number of hydrogen-bond acceptors (Lipinski definition) is 6. The summed E-state index contributed by atoms with van der Waals surface area (Å²) in [6.07, 6.45) is 5.77. The number of nitrogens with zero attached hydrogens (tertiary/aromatic N) is 6. The Bertz CT molecular complexity index is 1260. The molecule has 2 amide bonds. The van der Waals surface area contributed by atoms with E-state index in [1.807, 2.05) is 24.0 Å². The first-order valence-electron chi connectivity index (χ1n) is 11.8. The quantitative estimate of drug-likeness (QED) is 0.627. The van der Waals surface area contributed by atoms with E-state index in [1.54, 1.807) is 18.3 Å². The number of carbonyl (C=O) groups excluding carboxylic acids is 2. The van der Waals surface area contributed by atoms with E-state index in [2.05, 4.69) is 43.9 Å². The number of aryl methyl sites for hydroxylation is 1. The predicted molar refractivity (Wildman–Crippen MR) is 127 cm³/mol. The maximum Gasteiger partial charge on any atom is 0.275 e. The molecule has 0 spiro atoms. The Morgan fingerprint density at radius 3 is 2.82 bits per heavy atom. The molecular weight excluding hydrogens is 430 g/mol. The van der Waals surface area contributed by atoms with Gasteiger partial charge < -0.3 is 14.8 Å². The lowest BCUT2D eigenvalue weighted by molar-refractivity contribution is -0.132. The van der Waals surface area contributed by atoms with Crippen LogP contribution in [0.25, 0.3) is 11.5 Å². The molecule has 0 saturated carbocycles. The van der Waals surface area contributed by atoms with Gasteiger partial charge in [-0.05, 0) is 62.4 Å². The van der Waals surface area contributed by atoms with Crippen molar-refractivity contribution in [2.24, 2.45) is 0 Å². The summed E-state index contributed by atoms with van der Waals surface area (Å²) in [5.74, 6) is 1.91. The van der Waals surface area contributed by atoms with Gasteiger partial charge in [-0.2, -0.15) is 0 Å². The van der Waals surface area contributed by atoms with Crippen molar-refractivity contribution in [3.8, 4) is 11.5 Å². The van der Waals surface area contributed by atoms with Crippen LogP contribution in [0, 0.1) is 0 Å². The molecule has 0 aromatic carbocycles. The topological polar surface area (TPSA) is 106 Å². The van der Waals surface area contributed by atoms with Gasteiger partial charge in [0.05, 0.1) is 0 Å². The highest BCUT2D eigenvalue weighted by atomic mass is 16.2. The SMILES string of the molecule is CCCC(=O)N1CCc2cnc(C(=O)Nc3cccc(-c4nnc5n4C(C)(C)CC5)n3)cc2C1. The maximum atomic E-state index is 13.0. The first-order chi connectivity index (χ1) is 16.4. The molecule has 0 saturated heterocycles. The van der Waals surface area contributed by atoms with Crippen molar-refractivity contribution in [2.75, 3.05) is 11.9 Å². The molecule has 2 aliphatic rings. The first-order valence-corrected chi connectivity index (χ1v) is 11.8. The van der Waals surface area contributed by atoms with Gasteiger partial charge in [0.25, 0.3) is 5.91 Å². The molecule has 34 heavy (non-hydrogen) atoms. The molecule has 1 N–H and O–H groups in total. The van der Waals surface area contributed by atoms with Crippen LogP contribution in [0.1, 0.15) is 67.5 Å². The number of nitrogens with one attached hydrogen (secondary N) is 1. The van der Waals surface area contributed by atoms with E-state index < -0.39 is 0 Å². The van der Waals surface area contributed by atoms with Gasteiger partial charge in [0.2, 0.25) is 5.91 Å². The summed E-state index contributed by atoms with van der Waals surface area (Å²) >= 11 is 0.